The molecule has 1 aromatic heterocycles. The number of carbonyl (C=O) groups excluding carboxylic acids is 4. The van der Waals surface area contributed by atoms with E-state index >= 15 is 0 Å². The molecule has 1 aliphatic heterocycles. The summed E-state index contributed by atoms with van der Waals surface area (Å²) in [5, 5.41) is 0. The second-order valence-corrected chi connectivity index (χ2v) is 8.74. The molecule has 0 spiro atoms. The number of aryl methyl sites for hydroxylation is 1. The SMILES string of the molecule is C=O.C=O.CC.CCC[C@@H](Oc1ccc(C(=O)C2CC2)cc1)C(C)=O.Cc1cnc(N2CC(C)C2)nc1. The third-order valence-electron chi connectivity index (χ3n) is 5.48. The molecule has 2 heterocycles. The Bertz CT molecular complexity index is 906. The number of anilines is 1. The molecule has 204 valence electrons. The quantitative estimate of drug-likeness (QED) is 0.437. The van der Waals surface area contributed by atoms with Gasteiger partial charge in [0.25, 0.3) is 0 Å². The van der Waals surface area contributed by atoms with Crippen LogP contribution in [0.25, 0.3) is 0 Å². The van der Waals surface area contributed by atoms with E-state index in [1.807, 2.05) is 53.7 Å². The van der Waals surface area contributed by atoms with Gasteiger partial charge in [0.2, 0.25) is 5.95 Å². The summed E-state index contributed by atoms with van der Waals surface area (Å²) in [6.45, 7) is 18.0. The molecular weight excluding hydrogens is 470 g/mol. The van der Waals surface area contributed by atoms with Crippen LogP contribution in [0.4, 0.5) is 5.95 Å². The topological polar surface area (TPSA) is 107 Å². The summed E-state index contributed by atoms with van der Waals surface area (Å²) in [6.07, 6.45) is 7.01. The van der Waals surface area contributed by atoms with Crippen molar-refractivity contribution in [1.29, 1.82) is 0 Å². The van der Waals surface area contributed by atoms with Crippen LogP contribution in [0.5, 0.6) is 5.75 Å². The Morgan fingerprint density at radius 2 is 1.54 bits per heavy atom. The summed E-state index contributed by atoms with van der Waals surface area (Å²) < 4.78 is 5.67. The van der Waals surface area contributed by atoms with Gasteiger partial charge < -0.3 is 19.2 Å². The van der Waals surface area contributed by atoms with Crippen LogP contribution in [0.3, 0.4) is 0 Å². The van der Waals surface area contributed by atoms with Gasteiger partial charge in [-0.1, -0.05) is 34.1 Å². The summed E-state index contributed by atoms with van der Waals surface area (Å²) in [6, 6.07) is 7.14. The average Bonchev–Trinajstić information content (AvgIpc) is 3.77. The Hall–Kier alpha value is -3.42. The van der Waals surface area contributed by atoms with E-state index in [2.05, 4.69) is 21.8 Å². The molecule has 2 fully saturated rings. The first-order valence-electron chi connectivity index (χ1n) is 12.8. The molecule has 0 N–H and O–H groups in total. The van der Waals surface area contributed by atoms with Crippen molar-refractivity contribution in [2.75, 3.05) is 18.0 Å². The fourth-order valence-electron chi connectivity index (χ4n) is 3.46. The van der Waals surface area contributed by atoms with Gasteiger partial charge in [-0.25, -0.2) is 9.97 Å². The van der Waals surface area contributed by atoms with Crippen LogP contribution in [0.1, 0.15) is 76.2 Å². The van der Waals surface area contributed by atoms with Gasteiger partial charge in [0.15, 0.2) is 17.7 Å². The largest absolute Gasteiger partial charge is 0.483 e. The van der Waals surface area contributed by atoms with Crippen LogP contribution in [-0.2, 0) is 14.4 Å². The lowest BCUT2D eigenvalue weighted by molar-refractivity contribution is -0.123. The number of hydrogen-bond donors (Lipinski definition) is 0. The molecule has 8 heteroatoms. The number of benzene rings is 1. The third-order valence-corrected chi connectivity index (χ3v) is 5.48. The first-order chi connectivity index (χ1) is 17.9. The molecule has 1 atom stereocenters. The van der Waals surface area contributed by atoms with Gasteiger partial charge in [-0.15, -0.1) is 0 Å². The Labute approximate surface area is 221 Å². The predicted octanol–water partition coefficient (Wildman–Crippen LogP) is 5.31. The molecule has 0 amide bonds. The minimum absolute atomic E-state index is 0.0417. The average molecular weight is 514 g/mol. The molecule has 1 saturated carbocycles. The third kappa shape index (κ3) is 11.9. The predicted molar refractivity (Wildman–Crippen MR) is 147 cm³/mol. The summed E-state index contributed by atoms with van der Waals surface area (Å²) in [7, 11) is 0. The molecule has 2 aliphatic rings. The van der Waals surface area contributed by atoms with Gasteiger partial charge in [-0.2, -0.15) is 0 Å². The molecule has 0 unspecified atom stereocenters. The number of Topliss-reactive ketones (excluding diaryl/α,β-unsaturated/α-hetero) is 2. The van der Waals surface area contributed by atoms with Crippen molar-refractivity contribution in [3.05, 3.63) is 47.8 Å². The highest BCUT2D eigenvalue weighted by Gasteiger charge is 2.30. The standard InChI is InChI=1S/C16H20O3.C9H13N3.C2H6.2CH2O/c1-3-4-15(11(2)17)19-14-9-7-13(8-10-14)16(18)12-5-6-12;1-7-3-10-9(11-4-7)12-5-8(2)6-12;3*1-2/h7-10,12,15H,3-6H2,1-2H3;3-4,8H,5-6H2,1-2H3;1-2H3;2*1H2/t15-;;;;/m1..../s1. The summed E-state index contributed by atoms with van der Waals surface area (Å²) >= 11 is 0. The number of ketones is 2. The van der Waals surface area contributed by atoms with Crippen molar-refractivity contribution in [3.8, 4) is 5.75 Å². The smallest absolute Gasteiger partial charge is 0.225 e. The van der Waals surface area contributed by atoms with Gasteiger partial charge in [0.05, 0.1) is 0 Å². The Balaban J connectivity index is 0.000000618. The van der Waals surface area contributed by atoms with E-state index in [-0.39, 0.29) is 23.6 Å². The van der Waals surface area contributed by atoms with Crippen LogP contribution >= 0.6 is 0 Å². The first-order valence-corrected chi connectivity index (χ1v) is 12.8. The van der Waals surface area contributed by atoms with Crippen molar-refractivity contribution in [2.24, 2.45) is 11.8 Å². The Kier molecular flexibility index (Phi) is 17.1. The van der Waals surface area contributed by atoms with Crippen LogP contribution in [0.15, 0.2) is 36.7 Å². The van der Waals surface area contributed by atoms with E-state index in [4.69, 9.17) is 14.3 Å². The lowest BCUT2D eigenvalue weighted by Crippen LogP contribution is -2.46. The van der Waals surface area contributed by atoms with E-state index in [1.54, 1.807) is 31.2 Å². The normalized spacial score (nSPS) is 14.3. The molecule has 0 bridgehead atoms. The molecule has 4 rings (SSSR count). The van der Waals surface area contributed by atoms with E-state index < -0.39 is 0 Å². The number of aromatic nitrogens is 2. The summed E-state index contributed by atoms with van der Waals surface area (Å²) in [4.78, 5) is 50.0. The number of ether oxygens (including phenoxy) is 1. The highest BCUT2D eigenvalue weighted by molar-refractivity contribution is 5.99. The van der Waals surface area contributed by atoms with E-state index in [9.17, 15) is 9.59 Å². The van der Waals surface area contributed by atoms with Gasteiger partial charge >= 0.3 is 0 Å². The molecule has 1 aliphatic carbocycles. The second kappa shape index (κ2) is 18.8. The van der Waals surface area contributed by atoms with Crippen LogP contribution in [-0.4, -0.2) is 54.3 Å². The molecule has 1 aromatic carbocycles. The molecule has 2 aromatic rings. The fraction of sp³-hybridized carbons (Fsp3) is 0.517. The summed E-state index contributed by atoms with van der Waals surface area (Å²) in [5.74, 6) is 2.83. The molecule has 0 radical (unpaired) electrons. The number of rotatable bonds is 8. The first kappa shape index (κ1) is 33.6. The van der Waals surface area contributed by atoms with Crippen LogP contribution in [0, 0.1) is 18.8 Å². The van der Waals surface area contributed by atoms with Gasteiger partial charge in [0, 0.05) is 37.0 Å². The zero-order valence-corrected chi connectivity index (χ0v) is 23.2. The van der Waals surface area contributed by atoms with Gasteiger partial charge in [-0.05, 0) is 68.9 Å². The monoisotopic (exact) mass is 513 g/mol. The zero-order chi connectivity index (χ0) is 28.4. The number of hydrogen-bond acceptors (Lipinski definition) is 8. The lowest BCUT2D eigenvalue weighted by Gasteiger charge is -2.36. The van der Waals surface area contributed by atoms with E-state index in [0.29, 0.717) is 5.75 Å². The molecule has 8 nitrogen and oxygen atoms in total. The highest BCUT2D eigenvalue weighted by atomic mass is 16.5. The molecule has 1 saturated heterocycles. The number of nitrogens with zero attached hydrogens (tertiary/aromatic N) is 3. The molecule has 37 heavy (non-hydrogen) atoms. The van der Waals surface area contributed by atoms with Gasteiger partial charge in [-0.3, -0.25) is 9.59 Å². The van der Waals surface area contributed by atoms with E-state index in [1.165, 1.54) is 0 Å². The highest BCUT2D eigenvalue weighted by Crippen LogP contribution is 2.33. The van der Waals surface area contributed by atoms with Gasteiger partial charge in [0.1, 0.15) is 19.3 Å². The van der Waals surface area contributed by atoms with Crippen LogP contribution < -0.4 is 9.64 Å². The molecular formula is C29H43N3O5. The van der Waals surface area contributed by atoms with E-state index in [0.717, 1.165) is 61.8 Å². The fourth-order valence-corrected chi connectivity index (χ4v) is 3.46. The minimum Gasteiger partial charge on any atom is -0.483 e. The Morgan fingerprint density at radius 3 is 1.95 bits per heavy atom. The maximum atomic E-state index is 11.9. The van der Waals surface area contributed by atoms with Crippen molar-refractivity contribution in [1.82, 2.24) is 9.97 Å². The van der Waals surface area contributed by atoms with Crippen molar-refractivity contribution in [3.63, 3.8) is 0 Å². The zero-order valence-electron chi connectivity index (χ0n) is 23.2. The maximum Gasteiger partial charge on any atom is 0.225 e. The lowest BCUT2D eigenvalue weighted by atomic mass is 10.0. The summed E-state index contributed by atoms with van der Waals surface area (Å²) in [5.41, 5.74) is 1.86. The van der Waals surface area contributed by atoms with Crippen molar-refractivity contribution < 1.29 is 23.9 Å². The Morgan fingerprint density at radius 1 is 1.03 bits per heavy atom. The second-order valence-electron chi connectivity index (χ2n) is 8.74. The minimum atomic E-state index is -0.380. The number of carbonyl (C=O) groups is 4. The van der Waals surface area contributed by atoms with Crippen molar-refractivity contribution in [2.45, 2.75) is 73.3 Å². The van der Waals surface area contributed by atoms with Crippen molar-refractivity contribution >= 4 is 31.1 Å². The maximum absolute atomic E-state index is 11.9. The van der Waals surface area contributed by atoms with Crippen LogP contribution in [0.2, 0.25) is 0 Å².